The molecule has 5 nitrogen and oxygen atoms in total. The minimum Gasteiger partial charge on any atom is -0.481 e. The van der Waals surface area contributed by atoms with Crippen molar-refractivity contribution in [3.8, 4) is 0 Å². The molecule has 1 atom stereocenters. The minimum atomic E-state index is -0.868. The first-order valence-electron chi connectivity index (χ1n) is 6.40. The molecule has 0 amide bonds. The Morgan fingerprint density at radius 1 is 1.20 bits per heavy atom. The maximum atomic E-state index is 11.4. The fourth-order valence-electron chi connectivity index (χ4n) is 2.03. The number of hydrogen-bond donors (Lipinski definition) is 2. The van der Waals surface area contributed by atoms with Crippen LogP contribution in [0.25, 0.3) is 0 Å². The molecular weight excluding hydrogens is 254 g/mol. The molecular formula is C15H17N3O2. The molecule has 2 aromatic rings. The molecule has 1 aromatic heterocycles. The normalized spacial score (nSPS) is 11.9. The topological polar surface area (TPSA) is 75.1 Å². The van der Waals surface area contributed by atoms with Gasteiger partial charge in [-0.2, -0.15) is 0 Å². The van der Waals surface area contributed by atoms with Crippen molar-refractivity contribution in [3.05, 3.63) is 53.3 Å². The molecule has 0 fully saturated rings. The average Bonchev–Trinajstić information content (AvgIpc) is 2.38. The lowest BCUT2D eigenvalue weighted by atomic mass is 9.99. The van der Waals surface area contributed by atoms with Crippen molar-refractivity contribution in [1.29, 1.82) is 0 Å². The lowest BCUT2D eigenvalue weighted by molar-refractivity contribution is -0.138. The Balaban J connectivity index is 2.12. The second-order valence-electron chi connectivity index (χ2n) is 4.66. The minimum absolute atomic E-state index is 0.252. The van der Waals surface area contributed by atoms with E-state index in [0.717, 1.165) is 17.0 Å². The van der Waals surface area contributed by atoms with Gasteiger partial charge in [0.2, 0.25) is 5.95 Å². The van der Waals surface area contributed by atoms with E-state index in [0.29, 0.717) is 5.95 Å². The van der Waals surface area contributed by atoms with E-state index in [9.17, 15) is 9.90 Å². The highest BCUT2D eigenvalue weighted by Gasteiger charge is 2.19. The van der Waals surface area contributed by atoms with Crippen molar-refractivity contribution in [2.75, 3.05) is 11.9 Å². The zero-order valence-corrected chi connectivity index (χ0v) is 11.5. The quantitative estimate of drug-likeness (QED) is 0.873. The summed E-state index contributed by atoms with van der Waals surface area (Å²) >= 11 is 0. The van der Waals surface area contributed by atoms with E-state index in [1.54, 1.807) is 0 Å². The Bertz CT molecular complexity index is 579. The number of aryl methyl sites for hydroxylation is 2. The molecule has 2 rings (SSSR count). The fraction of sp³-hybridized carbons (Fsp3) is 0.267. The van der Waals surface area contributed by atoms with Crippen molar-refractivity contribution in [3.63, 3.8) is 0 Å². The van der Waals surface area contributed by atoms with Crippen LogP contribution in [0.4, 0.5) is 5.95 Å². The number of aliphatic carboxylic acids is 1. The molecule has 5 heteroatoms. The molecule has 0 aliphatic heterocycles. The Morgan fingerprint density at radius 3 is 2.35 bits per heavy atom. The van der Waals surface area contributed by atoms with Gasteiger partial charge < -0.3 is 10.4 Å². The van der Waals surface area contributed by atoms with Gasteiger partial charge in [0, 0.05) is 17.9 Å². The van der Waals surface area contributed by atoms with E-state index in [2.05, 4.69) is 15.3 Å². The fourth-order valence-corrected chi connectivity index (χ4v) is 2.03. The summed E-state index contributed by atoms with van der Waals surface area (Å²) in [4.78, 5) is 19.9. The second kappa shape index (κ2) is 6.14. The van der Waals surface area contributed by atoms with Gasteiger partial charge in [-0.15, -0.1) is 0 Å². The summed E-state index contributed by atoms with van der Waals surface area (Å²) in [6.07, 6.45) is 0. The van der Waals surface area contributed by atoms with Crippen molar-refractivity contribution < 1.29 is 9.90 Å². The SMILES string of the molecule is Cc1cc(C)nc(NCC(C(=O)O)c2ccccc2)n1. The number of carboxylic acids is 1. The first-order chi connectivity index (χ1) is 9.56. The van der Waals surface area contributed by atoms with Gasteiger partial charge >= 0.3 is 5.97 Å². The number of carbonyl (C=O) groups is 1. The molecule has 104 valence electrons. The summed E-state index contributed by atoms with van der Waals surface area (Å²) in [5.41, 5.74) is 2.47. The molecule has 1 unspecified atom stereocenters. The van der Waals surface area contributed by atoms with Crippen LogP contribution in [-0.2, 0) is 4.79 Å². The highest BCUT2D eigenvalue weighted by molar-refractivity contribution is 5.76. The summed E-state index contributed by atoms with van der Waals surface area (Å²) in [5, 5.41) is 12.3. The summed E-state index contributed by atoms with van der Waals surface area (Å²) < 4.78 is 0. The van der Waals surface area contributed by atoms with Gasteiger partial charge in [-0.25, -0.2) is 9.97 Å². The van der Waals surface area contributed by atoms with E-state index >= 15 is 0 Å². The van der Waals surface area contributed by atoms with Crippen LogP contribution in [-0.4, -0.2) is 27.6 Å². The van der Waals surface area contributed by atoms with Gasteiger partial charge in [-0.3, -0.25) is 4.79 Å². The Morgan fingerprint density at radius 2 is 1.80 bits per heavy atom. The molecule has 2 N–H and O–H groups in total. The van der Waals surface area contributed by atoms with Gasteiger partial charge in [0.1, 0.15) is 0 Å². The Labute approximate surface area is 117 Å². The zero-order valence-electron chi connectivity index (χ0n) is 11.5. The van der Waals surface area contributed by atoms with Crippen molar-refractivity contribution in [2.45, 2.75) is 19.8 Å². The van der Waals surface area contributed by atoms with Crippen molar-refractivity contribution >= 4 is 11.9 Å². The third-order valence-electron chi connectivity index (χ3n) is 2.95. The number of anilines is 1. The molecule has 0 radical (unpaired) electrons. The van der Waals surface area contributed by atoms with Crippen LogP contribution < -0.4 is 5.32 Å². The molecule has 0 bridgehead atoms. The highest BCUT2D eigenvalue weighted by Crippen LogP contribution is 2.16. The standard InChI is InChI=1S/C15H17N3O2/c1-10-8-11(2)18-15(17-10)16-9-13(14(19)20)12-6-4-3-5-7-12/h3-8,13H,9H2,1-2H3,(H,19,20)(H,16,17,18). The predicted molar refractivity (Wildman–Crippen MR) is 76.8 cm³/mol. The van der Waals surface area contributed by atoms with Crippen LogP contribution in [0.2, 0.25) is 0 Å². The van der Waals surface area contributed by atoms with Crippen LogP contribution in [0.15, 0.2) is 36.4 Å². The van der Waals surface area contributed by atoms with E-state index in [1.807, 2.05) is 50.2 Å². The van der Waals surface area contributed by atoms with E-state index in [-0.39, 0.29) is 6.54 Å². The molecule has 0 spiro atoms. The largest absolute Gasteiger partial charge is 0.481 e. The summed E-state index contributed by atoms with van der Waals surface area (Å²) in [5.74, 6) is -1.03. The molecule has 1 aromatic carbocycles. The van der Waals surface area contributed by atoms with E-state index in [4.69, 9.17) is 0 Å². The van der Waals surface area contributed by atoms with Gasteiger partial charge in [-0.05, 0) is 25.5 Å². The smallest absolute Gasteiger partial charge is 0.312 e. The van der Waals surface area contributed by atoms with Crippen molar-refractivity contribution in [1.82, 2.24) is 9.97 Å². The number of carboxylic acid groups (broad SMARTS) is 1. The highest BCUT2D eigenvalue weighted by atomic mass is 16.4. The van der Waals surface area contributed by atoms with Crippen molar-refractivity contribution in [2.24, 2.45) is 0 Å². The first-order valence-corrected chi connectivity index (χ1v) is 6.40. The van der Waals surface area contributed by atoms with Crippen LogP contribution in [0.1, 0.15) is 22.9 Å². The lowest BCUT2D eigenvalue weighted by Gasteiger charge is -2.14. The van der Waals surface area contributed by atoms with Crippen LogP contribution in [0, 0.1) is 13.8 Å². The summed E-state index contributed by atoms with van der Waals surface area (Å²) in [6.45, 7) is 4.01. The number of nitrogens with zero attached hydrogens (tertiary/aromatic N) is 2. The van der Waals surface area contributed by atoms with Gasteiger partial charge in [0.05, 0.1) is 5.92 Å². The molecule has 0 saturated heterocycles. The molecule has 0 saturated carbocycles. The molecule has 0 aliphatic carbocycles. The van der Waals surface area contributed by atoms with Gasteiger partial charge in [0.15, 0.2) is 0 Å². The number of nitrogens with one attached hydrogen (secondary N) is 1. The van der Waals surface area contributed by atoms with Gasteiger partial charge in [-0.1, -0.05) is 30.3 Å². The number of rotatable bonds is 5. The van der Waals surface area contributed by atoms with Crippen LogP contribution in [0.3, 0.4) is 0 Å². The first kappa shape index (κ1) is 14.0. The summed E-state index contributed by atoms with van der Waals surface area (Å²) in [6, 6.07) is 11.0. The Hall–Kier alpha value is -2.43. The van der Waals surface area contributed by atoms with Crippen LogP contribution in [0.5, 0.6) is 0 Å². The maximum absolute atomic E-state index is 11.4. The van der Waals surface area contributed by atoms with Crippen LogP contribution >= 0.6 is 0 Å². The number of aromatic nitrogens is 2. The number of hydrogen-bond acceptors (Lipinski definition) is 4. The molecule has 20 heavy (non-hydrogen) atoms. The van der Waals surface area contributed by atoms with E-state index < -0.39 is 11.9 Å². The number of benzene rings is 1. The van der Waals surface area contributed by atoms with Gasteiger partial charge in [0.25, 0.3) is 0 Å². The predicted octanol–water partition coefficient (Wildman–Crippen LogP) is 2.37. The monoisotopic (exact) mass is 271 g/mol. The molecule has 0 aliphatic rings. The third-order valence-corrected chi connectivity index (χ3v) is 2.95. The summed E-state index contributed by atoms with van der Waals surface area (Å²) in [7, 11) is 0. The second-order valence-corrected chi connectivity index (χ2v) is 4.66. The zero-order chi connectivity index (χ0) is 14.5. The average molecular weight is 271 g/mol. The Kier molecular flexibility index (Phi) is 4.30. The van der Waals surface area contributed by atoms with E-state index in [1.165, 1.54) is 0 Å². The third kappa shape index (κ3) is 3.54. The lowest BCUT2D eigenvalue weighted by Crippen LogP contribution is -2.22. The molecule has 1 heterocycles. The maximum Gasteiger partial charge on any atom is 0.312 e.